The monoisotopic (exact) mass is 319 g/mol. The first kappa shape index (κ1) is 16.9. The summed E-state index contributed by atoms with van der Waals surface area (Å²) in [6.07, 6.45) is 0. The quantitative estimate of drug-likeness (QED) is 0.886. The lowest BCUT2D eigenvalue weighted by molar-refractivity contribution is -0.118. The minimum absolute atomic E-state index is 0.204. The minimum Gasteiger partial charge on any atom is -0.484 e. The number of hydrogen-bond acceptors (Lipinski definition) is 2. The summed E-state index contributed by atoms with van der Waals surface area (Å²) >= 11 is 0. The maximum absolute atomic E-state index is 13.4. The van der Waals surface area contributed by atoms with Gasteiger partial charge in [0.25, 0.3) is 5.91 Å². The number of ether oxygens (including phenoxy) is 1. The normalized spacial score (nSPS) is 10.7. The molecule has 3 nitrogen and oxygen atoms in total. The molecule has 0 aliphatic heterocycles. The second kappa shape index (κ2) is 7.22. The maximum atomic E-state index is 13.4. The molecule has 0 fully saturated rings. The smallest absolute Gasteiger partial charge is 0.262 e. The van der Waals surface area contributed by atoms with E-state index in [9.17, 15) is 13.6 Å². The van der Waals surface area contributed by atoms with Gasteiger partial charge >= 0.3 is 0 Å². The second-order valence-corrected chi connectivity index (χ2v) is 5.63. The predicted octanol–water partition coefficient (Wildman–Crippen LogP) is 4.41. The molecule has 0 aliphatic rings. The Balaban J connectivity index is 1.97. The second-order valence-electron chi connectivity index (χ2n) is 5.63. The fraction of sp³-hybridized carbons (Fsp3) is 0.278. The summed E-state index contributed by atoms with van der Waals surface area (Å²) in [6, 6.07) is 8.47. The van der Waals surface area contributed by atoms with Gasteiger partial charge in [0.05, 0.1) is 5.69 Å². The molecule has 5 heteroatoms. The standard InChI is InChI=1S/C18H19F2NO2/c1-11(2)15-6-5-14(8-12(15)3)23-10-18(22)21-17-9-13(19)4-7-16(17)20/h4-9,11H,10H2,1-3H3,(H,21,22). The van der Waals surface area contributed by atoms with E-state index in [1.165, 1.54) is 5.56 Å². The molecule has 0 atom stereocenters. The van der Waals surface area contributed by atoms with Gasteiger partial charge < -0.3 is 10.1 Å². The molecule has 0 aliphatic carbocycles. The van der Waals surface area contributed by atoms with E-state index in [1.807, 2.05) is 19.1 Å². The third-order valence-electron chi connectivity index (χ3n) is 3.44. The van der Waals surface area contributed by atoms with Crippen LogP contribution >= 0.6 is 0 Å². The third kappa shape index (κ3) is 4.52. The van der Waals surface area contributed by atoms with Crippen LogP contribution in [0.4, 0.5) is 14.5 Å². The van der Waals surface area contributed by atoms with Gasteiger partial charge in [0.1, 0.15) is 17.4 Å². The van der Waals surface area contributed by atoms with E-state index < -0.39 is 17.5 Å². The summed E-state index contributed by atoms with van der Waals surface area (Å²) in [6.45, 7) is 5.90. The summed E-state index contributed by atoms with van der Waals surface area (Å²) in [4.78, 5) is 11.8. The van der Waals surface area contributed by atoms with Crippen LogP contribution in [0.1, 0.15) is 30.9 Å². The molecule has 0 radical (unpaired) electrons. The molecule has 0 aromatic heterocycles. The average Bonchev–Trinajstić information content (AvgIpc) is 2.48. The van der Waals surface area contributed by atoms with Crippen molar-refractivity contribution in [2.75, 3.05) is 11.9 Å². The van der Waals surface area contributed by atoms with Gasteiger partial charge in [-0.3, -0.25) is 4.79 Å². The van der Waals surface area contributed by atoms with Crippen LogP contribution < -0.4 is 10.1 Å². The Labute approximate surface area is 134 Å². The first-order valence-corrected chi connectivity index (χ1v) is 7.35. The van der Waals surface area contributed by atoms with Crippen molar-refractivity contribution in [3.63, 3.8) is 0 Å². The van der Waals surface area contributed by atoms with Crippen molar-refractivity contribution >= 4 is 11.6 Å². The molecule has 2 aromatic carbocycles. The van der Waals surface area contributed by atoms with E-state index in [0.717, 1.165) is 23.8 Å². The number of rotatable bonds is 5. The lowest BCUT2D eigenvalue weighted by Crippen LogP contribution is -2.21. The number of nitrogens with one attached hydrogen (secondary N) is 1. The highest BCUT2D eigenvalue weighted by molar-refractivity contribution is 5.92. The Bertz CT molecular complexity index is 714. The van der Waals surface area contributed by atoms with Crippen LogP contribution in [0.2, 0.25) is 0 Å². The van der Waals surface area contributed by atoms with E-state index in [-0.39, 0.29) is 12.3 Å². The van der Waals surface area contributed by atoms with E-state index in [4.69, 9.17) is 4.74 Å². The SMILES string of the molecule is Cc1cc(OCC(=O)Nc2cc(F)ccc2F)ccc1C(C)C. The molecule has 2 rings (SSSR count). The molecular formula is C18H19F2NO2. The Kier molecular flexibility index (Phi) is 5.32. The van der Waals surface area contributed by atoms with Crippen molar-refractivity contribution in [1.82, 2.24) is 0 Å². The third-order valence-corrected chi connectivity index (χ3v) is 3.44. The molecule has 1 amide bonds. The average molecular weight is 319 g/mol. The van der Waals surface area contributed by atoms with Gasteiger partial charge in [-0.15, -0.1) is 0 Å². The number of hydrogen-bond donors (Lipinski definition) is 1. The van der Waals surface area contributed by atoms with E-state index in [0.29, 0.717) is 11.7 Å². The van der Waals surface area contributed by atoms with Crippen LogP contribution in [0.3, 0.4) is 0 Å². The van der Waals surface area contributed by atoms with Crippen molar-refractivity contribution < 1.29 is 18.3 Å². The van der Waals surface area contributed by atoms with Crippen LogP contribution in [0.15, 0.2) is 36.4 Å². The molecule has 0 heterocycles. The summed E-state index contributed by atoms with van der Waals surface area (Å²) in [5, 5.41) is 2.29. The largest absolute Gasteiger partial charge is 0.484 e. The summed E-state index contributed by atoms with van der Waals surface area (Å²) in [5.41, 5.74) is 2.09. The van der Waals surface area contributed by atoms with Crippen LogP contribution in [0.25, 0.3) is 0 Å². The molecule has 122 valence electrons. The van der Waals surface area contributed by atoms with Crippen LogP contribution in [0.5, 0.6) is 5.75 Å². The molecule has 0 spiro atoms. The van der Waals surface area contributed by atoms with Gasteiger partial charge in [-0.2, -0.15) is 0 Å². The highest BCUT2D eigenvalue weighted by Gasteiger charge is 2.10. The minimum atomic E-state index is -0.697. The zero-order valence-corrected chi connectivity index (χ0v) is 13.3. The topological polar surface area (TPSA) is 38.3 Å². The molecule has 2 aromatic rings. The first-order valence-electron chi connectivity index (χ1n) is 7.35. The lowest BCUT2D eigenvalue weighted by atomic mass is 9.98. The highest BCUT2D eigenvalue weighted by atomic mass is 19.1. The maximum Gasteiger partial charge on any atom is 0.262 e. The van der Waals surface area contributed by atoms with Gasteiger partial charge in [0.15, 0.2) is 6.61 Å². The molecule has 0 bridgehead atoms. The molecule has 0 saturated carbocycles. The fourth-order valence-corrected chi connectivity index (χ4v) is 2.31. The van der Waals surface area contributed by atoms with Crippen LogP contribution in [-0.2, 0) is 4.79 Å². The predicted molar refractivity (Wildman–Crippen MR) is 85.8 cm³/mol. The summed E-state index contributed by atoms with van der Waals surface area (Å²) < 4.78 is 31.9. The molecule has 1 N–H and O–H groups in total. The number of amides is 1. The molecule has 23 heavy (non-hydrogen) atoms. The van der Waals surface area contributed by atoms with Crippen molar-refractivity contribution in [3.05, 3.63) is 59.2 Å². The van der Waals surface area contributed by atoms with Crippen LogP contribution in [-0.4, -0.2) is 12.5 Å². The van der Waals surface area contributed by atoms with Gasteiger partial charge in [-0.1, -0.05) is 19.9 Å². The fourth-order valence-electron chi connectivity index (χ4n) is 2.31. The van der Waals surface area contributed by atoms with Gasteiger partial charge in [0.2, 0.25) is 0 Å². The molecular weight excluding hydrogens is 300 g/mol. The van der Waals surface area contributed by atoms with Gasteiger partial charge in [-0.05, 0) is 48.2 Å². The van der Waals surface area contributed by atoms with Crippen molar-refractivity contribution in [2.45, 2.75) is 26.7 Å². The Morgan fingerprint density at radius 3 is 2.57 bits per heavy atom. The Morgan fingerprint density at radius 1 is 1.17 bits per heavy atom. The number of benzene rings is 2. The number of aryl methyl sites for hydroxylation is 1. The number of carbonyl (C=O) groups is 1. The Hall–Kier alpha value is -2.43. The summed E-state index contributed by atoms with van der Waals surface area (Å²) in [5.74, 6) is -0.912. The number of carbonyl (C=O) groups excluding carboxylic acids is 1. The van der Waals surface area contributed by atoms with E-state index in [1.54, 1.807) is 6.07 Å². The van der Waals surface area contributed by atoms with Crippen molar-refractivity contribution in [1.29, 1.82) is 0 Å². The lowest BCUT2D eigenvalue weighted by Gasteiger charge is -2.12. The van der Waals surface area contributed by atoms with Crippen molar-refractivity contribution in [2.24, 2.45) is 0 Å². The van der Waals surface area contributed by atoms with Crippen LogP contribution in [0, 0.1) is 18.6 Å². The summed E-state index contributed by atoms with van der Waals surface area (Å²) in [7, 11) is 0. The molecule has 0 unspecified atom stereocenters. The highest BCUT2D eigenvalue weighted by Crippen LogP contribution is 2.23. The first-order chi connectivity index (χ1) is 10.9. The van der Waals surface area contributed by atoms with Crippen molar-refractivity contribution in [3.8, 4) is 5.75 Å². The van der Waals surface area contributed by atoms with Gasteiger partial charge in [-0.25, -0.2) is 8.78 Å². The van der Waals surface area contributed by atoms with E-state index >= 15 is 0 Å². The zero-order valence-electron chi connectivity index (χ0n) is 13.3. The van der Waals surface area contributed by atoms with Gasteiger partial charge in [0, 0.05) is 6.07 Å². The number of halogens is 2. The molecule has 0 saturated heterocycles. The van der Waals surface area contributed by atoms with E-state index in [2.05, 4.69) is 19.2 Å². The number of anilines is 1. The Morgan fingerprint density at radius 2 is 1.91 bits per heavy atom. The zero-order chi connectivity index (χ0) is 17.0.